The summed E-state index contributed by atoms with van der Waals surface area (Å²) in [5.41, 5.74) is 9.97. The molecule has 12 heteroatoms. The topological polar surface area (TPSA) is 132 Å². The molecule has 1 aliphatic heterocycles. The van der Waals surface area contributed by atoms with Crippen molar-refractivity contribution in [3.8, 4) is 5.69 Å². The van der Waals surface area contributed by atoms with Crippen LogP contribution in [0, 0.1) is 19.7 Å². The number of piperidine rings is 1. The van der Waals surface area contributed by atoms with Gasteiger partial charge in [-0.2, -0.15) is 5.10 Å². The van der Waals surface area contributed by atoms with Gasteiger partial charge in [0.2, 0.25) is 5.78 Å². The van der Waals surface area contributed by atoms with Gasteiger partial charge in [0.05, 0.1) is 38.9 Å². The lowest BCUT2D eigenvalue weighted by molar-refractivity contribution is 0.103. The molecule has 0 spiro atoms. The van der Waals surface area contributed by atoms with Crippen LogP contribution in [0.4, 0.5) is 10.2 Å². The predicted molar refractivity (Wildman–Crippen MR) is 171 cm³/mol. The SMILES string of the molecule is Cc1ccc(S(=O)(=O)n2c(C(=O)c3cnn(-c4ccc5[nH]c(C)nc5c4)c3N)cc3cc(C4CCN(C)CC4)c(F)cc32)cc1. The van der Waals surface area contributed by atoms with Crippen molar-refractivity contribution in [3.63, 3.8) is 0 Å². The molecule has 0 unspecified atom stereocenters. The maximum absolute atomic E-state index is 15.8. The maximum Gasteiger partial charge on any atom is 0.268 e. The monoisotopic (exact) mass is 625 g/mol. The Kier molecular flexibility index (Phi) is 6.86. The number of ketones is 1. The molecule has 0 radical (unpaired) electrons. The van der Waals surface area contributed by atoms with Gasteiger partial charge in [-0.05, 0) is 107 Å². The molecular formula is C33H32FN7O3S. The third-order valence-corrected chi connectivity index (χ3v) is 10.4. The third kappa shape index (κ3) is 4.90. The van der Waals surface area contributed by atoms with E-state index in [2.05, 4.69) is 20.0 Å². The molecule has 6 aromatic rings. The first kappa shape index (κ1) is 28.9. The number of aromatic amines is 1. The number of nitrogens with one attached hydrogen (secondary N) is 1. The summed E-state index contributed by atoms with van der Waals surface area (Å²) in [7, 11) is -2.29. The third-order valence-electron chi connectivity index (χ3n) is 8.71. The lowest BCUT2D eigenvalue weighted by Gasteiger charge is -2.29. The van der Waals surface area contributed by atoms with Crippen molar-refractivity contribution < 1.29 is 17.6 Å². The number of carbonyl (C=O) groups excluding carboxylic acids is 1. The van der Waals surface area contributed by atoms with Crippen LogP contribution >= 0.6 is 0 Å². The van der Waals surface area contributed by atoms with E-state index in [9.17, 15) is 13.2 Å². The number of imidazole rings is 1. The van der Waals surface area contributed by atoms with Gasteiger partial charge in [0, 0.05) is 5.39 Å². The highest BCUT2D eigenvalue weighted by Gasteiger charge is 2.31. The fraction of sp³-hybridized carbons (Fsp3) is 0.242. The lowest BCUT2D eigenvalue weighted by atomic mass is 9.88. The van der Waals surface area contributed by atoms with Gasteiger partial charge in [-0.3, -0.25) is 4.79 Å². The second-order valence-corrected chi connectivity index (χ2v) is 13.6. The minimum absolute atomic E-state index is 0.00803. The highest BCUT2D eigenvalue weighted by molar-refractivity contribution is 7.90. The number of anilines is 1. The Balaban J connectivity index is 1.38. The molecule has 0 bridgehead atoms. The van der Waals surface area contributed by atoms with Crippen LogP contribution < -0.4 is 5.73 Å². The summed E-state index contributed by atoms with van der Waals surface area (Å²) in [5.74, 6) is -0.362. The molecule has 3 N–H and O–H groups in total. The smallest absolute Gasteiger partial charge is 0.268 e. The van der Waals surface area contributed by atoms with E-state index in [1.807, 2.05) is 27.0 Å². The van der Waals surface area contributed by atoms with Crippen LogP contribution in [0.5, 0.6) is 0 Å². The van der Waals surface area contributed by atoms with Crippen molar-refractivity contribution in [2.45, 2.75) is 37.5 Å². The zero-order chi connectivity index (χ0) is 31.6. The number of carbonyl (C=O) groups is 1. The fourth-order valence-electron chi connectivity index (χ4n) is 6.22. The Hall–Kier alpha value is -4.81. The van der Waals surface area contributed by atoms with Crippen LogP contribution in [-0.2, 0) is 10.0 Å². The van der Waals surface area contributed by atoms with E-state index in [4.69, 9.17) is 5.73 Å². The quantitative estimate of drug-likeness (QED) is 0.240. The molecular weight excluding hydrogens is 593 g/mol. The van der Waals surface area contributed by atoms with Gasteiger partial charge >= 0.3 is 0 Å². The normalized spacial score (nSPS) is 14.9. The maximum atomic E-state index is 15.8. The van der Waals surface area contributed by atoms with Crippen LogP contribution in [0.2, 0.25) is 0 Å². The van der Waals surface area contributed by atoms with Crippen molar-refractivity contribution in [3.05, 3.63) is 101 Å². The van der Waals surface area contributed by atoms with E-state index in [0.717, 1.165) is 46.8 Å². The zero-order valence-electron chi connectivity index (χ0n) is 25.1. The van der Waals surface area contributed by atoms with Gasteiger partial charge < -0.3 is 15.6 Å². The molecule has 0 aliphatic carbocycles. The van der Waals surface area contributed by atoms with E-state index in [1.165, 1.54) is 35.1 Å². The fourth-order valence-corrected chi connectivity index (χ4v) is 7.72. The van der Waals surface area contributed by atoms with E-state index < -0.39 is 21.6 Å². The molecule has 0 saturated carbocycles. The number of rotatable bonds is 6. The standard InChI is InChI=1S/C33H32FN7O3S/c1-19-4-7-24(8-5-19)45(43,44)41-30-17-27(34)25(21-10-12-39(3)13-11-21)14-22(30)15-31(41)32(42)26-18-36-40(33(26)35)23-6-9-28-29(16-23)38-20(2)37-28/h4-9,14-18,21H,10-13,35H2,1-3H3,(H,37,38). The molecule has 0 amide bonds. The Morgan fingerprint density at radius 2 is 1.76 bits per heavy atom. The second-order valence-electron chi connectivity index (χ2n) is 11.8. The Bertz CT molecular complexity index is 2220. The average molecular weight is 626 g/mol. The van der Waals surface area contributed by atoms with E-state index in [0.29, 0.717) is 22.2 Å². The summed E-state index contributed by atoms with van der Waals surface area (Å²) in [4.78, 5) is 24.0. The number of hydrogen-bond acceptors (Lipinski definition) is 7. The first-order valence-electron chi connectivity index (χ1n) is 14.7. The first-order chi connectivity index (χ1) is 21.5. The van der Waals surface area contributed by atoms with Gasteiger partial charge in [-0.25, -0.2) is 26.4 Å². The number of fused-ring (bicyclic) bond motifs is 2. The predicted octanol–water partition coefficient (Wildman–Crippen LogP) is 5.32. The lowest BCUT2D eigenvalue weighted by Crippen LogP contribution is -2.29. The van der Waals surface area contributed by atoms with Crippen LogP contribution in [0.25, 0.3) is 27.6 Å². The molecule has 7 rings (SSSR count). The number of halogens is 1. The van der Waals surface area contributed by atoms with Gasteiger partial charge in [-0.1, -0.05) is 17.7 Å². The largest absolute Gasteiger partial charge is 0.383 e. The van der Waals surface area contributed by atoms with E-state index >= 15 is 4.39 Å². The van der Waals surface area contributed by atoms with Crippen LogP contribution in [0.15, 0.2) is 71.8 Å². The highest BCUT2D eigenvalue weighted by atomic mass is 32.2. The molecule has 1 fully saturated rings. The molecule has 10 nitrogen and oxygen atoms in total. The van der Waals surface area contributed by atoms with Gasteiger partial charge in [0.25, 0.3) is 10.0 Å². The number of aryl methyl sites for hydroxylation is 2. The number of nitrogens with zero attached hydrogens (tertiary/aromatic N) is 5. The molecule has 3 aromatic carbocycles. The van der Waals surface area contributed by atoms with Crippen LogP contribution in [-0.4, -0.2) is 63.0 Å². The molecule has 0 atom stereocenters. The second kappa shape index (κ2) is 10.7. The minimum atomic E-state index is -4.32. The molecule has 1 saturated heterocycles. The average Bonchev–Trinajstić information content (AvgIpc) is 3.70. The summed E-state index contributed by atoms with van der Waals surface area (Å²) < 4.78 is 46.5. The van der Waals surface area contributed by atoms with Crippen LogP contribution in [0.3, 0.4) is 0 Å². The number of nitrogen functional groups attached to an aromatic ring is 1. The molecule has 1 aliphatic rings. The number of hydrogen-bond donors (Lipinski definition) is 2. The number of benzene rings is 3. The number of nitrogens with two attached hydrogens (primary N) is 1. The summed E-state index contributed by atoms with van der Waals surface area (Å²) in [6.07, 6.45) is 2.89. The number of aromatic nitrogens is 5. The van der Waals surface area contributed by atoms with Crippen molar-refractivity contribution in [2.75, 3.05) is 25.9 Å². The summed E-state index contributed by atoms with van der Waals surface area (Å²) >= 11 is 0. The molecule has 4 heterocycles. The zero-order valence-corrected chi connectivity index (χ0v) is 25.9. The number of likely N-dealkylation sites (tertiary alicyclic amines) is 1. The molecule has 230 valence electrons. The van der Waals surface area contributed by atoms with Crippen molar-refractivity contribution in [1.82, 2.24) is 28.6 Å². The van der Waals surface area contributed by atoms with Crippen molar-refractivity contribution in [2.24, 2.45) is 0 Å². The van der Waals surface area contributed by atoms with Gasteiger partial charge in [-0.15, -0.1) is 0 Å². The van der Waals surface area contributed by atoms with E-state index in [-0.39, 0.29) is 33.4 Å². The van der Waals surface area contributed by atoms with E-state index in [1.54, 1.807) is 30.3 Å². The molecule has 3 aromatic heterocycles. The Morgan fingerprint density at radius 1 is 1.02 bits per heavy atom. The summed E-state index contributed by atoms with van der Waals surface area (Å²) in [6.45, 7) is 5.38. The number of H-pyrrole nitrogens is 1. The highest BCUT2D eigenvalue weighted by Crippen LogP contribution is 2.36. The van der Waals surface area contributed by atoms with Gasteiger partial charge in [0.15, 0.2) is 0 Å². The van der Waals surface area contributed by atoms with Gasteiger partial charge in [0.1, 0.15) is 23.2 Å². The van der Waals surface area contributed by atoms with Crippen molar-refractivity contribution in [1.29, 1.82) is 0 Å². The first-order valence-corrected chi connectivity index (χ1v) is 16.2. The minimum Gasteiger partial charge on any atom is -0.383 e. The Labute approximate surface area is 259 Å². The Morgan fingerprint density at radius 3 is 2.49 bits per heavy atom. The summed E-state index contributed by atoms with van der Waals surface area (Å²) in [5, 5.41) is 4.82. The summed E-state index contributed by atoms with van der Waals surface area (Å²) in [6, 6.07) is 16.2. The molecule has 45 heavy (non-hydrogen) atoms. The van der Waals surface area contributed by atoms with Crippen LogP contribution in [0.1, 0.15) is 51.8 Å². The van der Waals surface area contributed by atoms with Crippen molar-refractivity contribution >= 4 is 43.6 Å².